The Labute approximate surface area is 115 Å². The van der Waals surface area contributed by atoms with Crippen LogP contribution in [0.4, 0.5) is 0 Å². The van der Waals surface area contributed by atoms with Gasteiger partial charge in [0.05, 0.1) is 6.20 Å². The lowest BCUT2D eigenvalue weighted by Crippen LogP contribution is -2.23. The fourth-order valence-corrected chi connectivity index (χ4v) is 2.35. The molecule has 102 valence electrons. The molecule has 0 amide bonds. The minimum atomic E-state index is 0.339. The van der Waals surface area contributed by atoms with Crippen molar-refractivity contribution in [2.24, 2.45) is 0 Å². The molecule has 0 aliphatic heterocycles. The summed E-state index contributed by atoms with van der Waals surface area (Å²) in [6.07, 6.45) is 5.14. The van der Waals surface area contributed by atoms with Crippen LogP contribution in [0.3, 0.4) is 0 Å². The first-order valence-electron chi connectivity index (χ1n) is 7.04. The molecule has 2 aromatic rings. The van der Waals surface area contributed by atoms with Crippen LogP contribution >= 0.6 is 0 Å². The normalized spacial score (nSPS) is 12.6. The highest BCUT2D eigenvalue weighted by atomic mass is 15.3. The van der Waals surface area contributed by atoms with E-state index in [0.717, 1.165) is 19.5 Å². The van der Waals surface area contributed by atoms with Gasteiger partial charge in [0.2, 0.25) is 0 Å². The lowest BCUT2D eigenvalue weighted by molar-refractivity contribution is 0.547. The Kier molecular flexibility index (Phi) is 4.74. The van der Waals surface area contributed by atoms with Gasteiger partial charge in [-0.1, -0.05) is 31.2 Å². The zero-order chi connectivity index (χ0) is 13.7. The van der Waals surface area contributed by atoms with Crippen LogP contribution < -0.4 is 5.32 Å². The van der Waals surface area contributed by atoms with Crippen molar-refractivity contribution in [2.45, 2.75) is 39.8 Å². The van der Waals surface area contributed by atoms with Crippen LogP contribution in [-0.2, 0) is 13.0 Å². The number of hydrogen-bond acceptors (Lipinski definition) is 2. The van der Waals surface area contributed by atoms with Crippen molar-refractivity contribution in [3.63, 3.8) is 0 Å². The number of nitrogens with one attached hydrogen (secondary N) is 1. The molecule has 0 fully saturated rings. The Morgan fingerprint density at radius 3 is 2.68 bits per heavy atom. The first kappa shape index (κ1) is 13.8. The molecule has 2 rings (SSSR count). The minimum Gasteiger partial charge on any atom is -0.310 e. The van der Waals surface area contributed by atoms with Crippen molar-refractivity contribution in [1.29, 1.82) is 0 Å². The highest BCUT2D eigenvalue weighted by molar-refractivity contribution is 5.28. The number of aromatic nitrogens is 2. The quantitative estimate of drug-likeness (QED) is 0.861. The van der Waals surface area contributed by atoms with Gasteiger partial charge in [-0.15, -0.1) is 0 Å². The Bertz CT molecular complexity index is 516. The minimum absolute atomic E-state index is 0.339. The predicted molar refractivity (Wildman–Crippen MR) is 79.2 cm³/mol. The van der Waals surface area contributed by atoms with E-state index in [9.17, 15) is 0 Å². The van der Waals surface area contributed by atoms with E-state index in [1.165, 1.54) is 16.7 Å². The molecule has 0 spiro atoms. The highest BCUT2D eigenvalue weighted by Crippen LogP contribution is 2.20. The van der Waals surface area contributed by atoms with Crippen molar-refractivity contribution in [2.75, 3.05) is 6.54 Å². The van der Waals surface area contributed by atoms with Crippen molar-refractivity contribution in [3.8, 4) is 0 Å². The Hall–Kier alpha value is -1.61. The molecule has 1 unspecified atom stereocenters. The molecular formula is C16H23N3. The second-order valence-electron chi connectivity index (χ2n) is 4.87. The van der Waals surface area contributed by atoms with E-state index in [1.807, 2.05) is 10.9 Å². The summed E-state index contributed by atoms with van der Waals surface area (Å²) in [6.45, 7) is 8.32. The maximum Gasteiger partial charge on any atom is 0.0537 e. The third kappa shape index (κ3) is 3.44. The maximum absolute atomic E-state index is 4.38. The van der Waals surface area contributed by atoms with Crippen molar-refractivity contribution < 1.29 is 0 Å². The smallest absolute Gasteiger partial charge is 0.0537 e. The molecule has 1 aromatic heterocycles. The van der Waals surface area contributed by atoms with Gasteiger partial charge in [-0.25, -0.2) is 0 Å². The van der Waals surface area contributed by atoms with Crippen LogP contribution in [0.2, 0.25) is 0 Å². The summed E-state index contributed by atoms with van der Waals surface area (Å²) in [5.74, 6) is 0. The van der Waals surface area contributed by atoms with Gasteiger partial charge in [-0.2, -0.15) is 5.10 Å². The Morgan fingerprint density at radius 1 is 1.26 bits per heavy atom. The Balaban J connectivity index is 2.18. The maximum atomic E-state index is 4.38. The fourth-order valence-electron chi connectivity index (χ4n) is 2.35. The molecule has 0 saturated carbocycles. The number of aryl methyl sites for hydroxylation is 2. The second-order valence-corrected chi connectivity index (χ2v) is 4.87. The van der Waals surface area contributed by atoms with Gasteiger partial charge < -0.3 is 5.32 Å². The van der Waals surface area contributed by atoms with E-state index >= 15 is 0 Å². The largest absolute Gasteiger partial charge is 0.310 e. The third-order valence-corrected chi connectivity index (χ3v) is 3.52. The lowest BCUT2D eigenvalue weighted by atomic mass is 9.98. The zero-order valence-electron chi connectivity index (χ0n) is 12.1. The SMILES string of the molecule is CCNC(Cc1ccccc1C)c1cnn(CC)c1. The molecule has 0 bridgehead atoms. The summed E-state index contributed by atoms with van der Waals surface area (Å²) >= 11 is 0. The van der Waals surface area contributed by atoms with Crippen molar-refractivity contribution >= 4 is 0 Å². The molecule has 1 N–H and O–H groups in total. The van der Waals surface area contributed by atoms with Crippen molar-refractivity contribution in [1.82, 2.24) is 15.1 Å². The van der Waals surface area contributed by atoms with Crippen LogP contribution in [0.5, 0.6) is 0 Å². The van der Waals surface area contributed by atoms with Crippen molar-refractivity contribution in [3.05, 3.63) is 53.3 Å². The van der Waals surface area contributed by atoms with Gasteiger partial charge in [0.15, 0.2) is 0 Å². The molecule has 19 heavy (non-hydrogen) atoms. The van der Waals surface area contributed by atoms with E-state index in [0.29, 0.717) is 6.04 Å². The van der Waals surface area contributed by atoms with E-state index in [-0.39, 0.29) is 0 Å². The van der Waals surface area contributed by atoms with Crippen LogP contribution in [-0.4, -0.2) is 16.3 Å². The third-order valence-electron chi connectivity index (χ3n) is 3.52. The van der Waals surface area contributed by atoms with Crippen LogP contribution in [0.25, 0.3) is 0 Å². The van der Waals surface area contributed by atoms with Crippen LogP contribution in [0.1, 0.15) is 36.6 Å². The van der Waals surface area contributed by atoms with Gasteiger partial charge in [0.25, 0.3) is 0 Å². The standard InChI is InChI=1S/C16H23N3/c1-4-17-16(15-11-18-19(5-2)12-15)10-14-9-7-6-8-13(14)3/h6-9,11-12,16-17H,4-5,10H2,1-3H3. The fraction of sp³-hybridized carbons (Fsp3) is 0.438. The molecule has 0 aliphatic carbocycles. The molecule has 3 heteroatoms. The van der Waals surface area contributed by atoms with Gasteiger partial charge in [-0.3, -0.25) is 4.68 Å². The summed E-state index contributed by atoms with van der Waals surface area (Å²) in [6, 6.07) is 8.93. The predicted octanol–water partition coefficient (Wildman–Crippen LogP) is 3.10. The number of nitrogens with zero attached hydrogens (tertiary/aromatic N) is 2. The van der Waals surface area contributed by atoms with Gasteiger partial charge in [0, 0.05) is 24.3 Å². The van der Waals surface area contributed by atoms with E-state index in [4.69, 9.17) is 0 Å². The summed E-state index contributed by atoms with van der Waals surface area (Å²) in [5.41, 5.74) is 4.03. The molecule has 1 atom stereocenters. The molecule has 0 saturated heterocycles. The van der Waals surface area contributed by atoms with Crippen LogP contribution in [0.15, 0.2) is 36.7 Å². The highest BCUT2D eigenvalue weighted by Gasteiger charge is 2.14. The first-order valence-corrected chi connectivity index (χ1v) is 7.04. The summed E-state index contributed by atoms with van der Waals surface area (Å²) in [5, 5.41) is 7.94. The van der Waals surface area contributed by atoms with Gasteiger partial charge >= 0.3 is 0 Å². The molecule has 1 heterocycles. The summed E-state index contributed by atoms with van der Waals surface area (Å²) < 4.78 is 1.98. The van der Waals surface area contributed by atoms with E-state index < -0.39 is 0 Å². The monoisotopic (exact) mass is 257 g/mol. The zero-order valence-corrected chi connectivity index (χ0v) is 12.1. The summed E-state index contributed by atoms with van der Waals surface area (Å²) in [7, 11) is 0. The molecule has 1 aromatic carbocycles. The number of rotatable bonds is 6. The number of hydrogen-bond donors (Lipinski definition) is 1. The first-order chi connectivity index (χ1) is 9.24. The van der Waals surface area contributed by atoms with E-state index in [1.54, 1.807) is 0 Å². The number of likely N-dealkylation sites (N-methyl/N-ethyl adjacent to an activating group) is 1. The molecule has 0 aliphatic rings. The number of benzene rings is 1. The molecule has 0 radical (unpaired) electrons. The second kappa shape index (κ2) is 6.53. The molecule has 3 nitrogen and oxygen atoms in total. The average Bonchev–Trinajstić information content (AvgIpc) is 2.89. The van der Waals surface area contributed by atoms with Crippen LogP contribution in [0, 0.1) is 6.92 Å². The van der Waals surface area contributed by atoms with Gasteiger partial charge in [-0.05, 0) is 37.9 Å². The average molecular weight is 257 g/mol. The lowest BCUT2D eigenvalue weighted by Gasteiger charge is -2.17. The van der Waals surface area contributed by atoms with E-state index in [2.05, 4.69) is 61.6 Å². The summed E-state index contributed by atoms with van der Waals surface area (Å²) in [4.78, 5) is 0. The van der Waals surface area contributed by atoms with Gasteiger partial charge in [0.1, 0.15) is 0 Å². The topological polar surface area (TPSA) is 29.9 Å². The Morgan fingerprint density at radius 2 is 2.05 bits per heavy atom. The molecular weight excluding hydrogens is 234 g/mol.